The van der Waals surface area contributed by atoms with Gasteiger partial charge < -0.3 is 9.64 Å². The number of amides is 2. The summed E-state index contributed by atoms with van der Waals surface area (Å²) < 4.78 is 33.9. The molecule has 3 heterocycles. The van der Waals surface area contributed by atoms with Crippen molar-refractivity contribution >= 4 is 32.7 Å². The van der Waals surface area contributed by atoms with Crippen molar-refractivity contribution in [3.8, 4) is 17.0 Å². The van der Waals surface area contributed by atoms with Gasteiger partial charge in [0.15, 0.2) is 0 Å². The number of methoxy groups -OCH3 is 1. The van der Waals surface area contributed by atoms with Crippen LogP contribution >= 0.6 is 0 Å². The molecule has 37 heavy (non-hydrogen) atoms. The van der Waals surface area contributed by atoms with Gasteiger partial charge in [0.2, 0.25) is 5.91 Å². The first-order valence-electron chi connectivity index (χ1n) is 11.6. The molecule has 0 bridgehead atoms. The summed E-state index contributed by atoms with van der Waals surface area (Å²) >= 11 is 0. The summed E-state index contributed by atoms with van der Waals surface area (Å²) in [6.45, 7) is 0.485. The highest BCUT2D eigenvalue weighted by molar-refractivity contribution is 7.90. The van der Waals surface area contributed by atoms with E-state index in [-0.39, 0.29) is 34.6 Å². The quantitative estimate of drug-likeness (QED) is 0.417. The standard InChI is InChI=1S/C27H24N4O5S/c1-31-16-18(15-26(31)32)17-9-12-24(36-2)25(14-17)37(34,35)30-27(33)23-11-10-20-19(6-5-8-22(20)29-23)21-7-3-4-13-28-21/h3-14,18H,15-16H2,1-2H3,(H,30,33). The van der Waals surface area contributed by atoms with E-state index in [0.717, 1.165) is 16.6 Å². The van der Waals surface area contributed by atoms with Crippen LogP contribution in [0.15, 0.2) is 77.8 Å². The number of likely N-dealkylation sites (N-methyl/N-ethyl adjacent to an activating group) is 1. The molecule has 1 fully saturated rings. The van der Waals surface area contributed by atoms with Gasteiger partial charge in [-0.1, -0.05) is 24.3 Å². The molecule has 1 saturated heterocycles. The van der Waals surface area contributed by atoms with Gasteiger partial charge in [-0.2, -0.15) is 0 Å². The molecule has 4 aromatic rings. The molecule has 1 aliphatic rings. The third kappa shape index (κ3) is 4.75. The van der Waals surface area contributed by atoms with E-state index in [1.807, 2.05) is 24.3 Å². The van der Waals surface area contributed by atoms with Gasteiger partial charge in [-0.3, -0.25) is 14.6 Å². The normalized spacial score (nSPS) is 15.7. The number of likely N-dealkylation sites (tertiary alicyclic amines) is 1. The fraction of sp³-hybridized carbons (Fsp3) is 0.185. The van der Waals surface area contributed by atoms with Crippen LogP contribution in [-0.2, 0) is 14.8 Å². The lowest BCUT2D eigenvalue weighted by atomic mass is 9.98. The summed E-state index contributed by atoms with van der Waals surface area (Å²) in [4.78, 5) is 35.2. The smallest absolute Gasteiger partial charge is 0.283 e. The number of hydrogen-bond donors (Lipinski definition) is 1. The van der Waals surface area contributed by atoms with Crippen LogP contribution in [0.5, 0.6) is 5.75 Å². The van der Waals surface area contributed by atoms with Gasteiger partial charge in [-0.15, -0.1) is 0 Å². The van der Waals surface area contributed by atoms with Crippen molar-refractivity contribution in [2.45, 2.75) is 17.2 Å². The van der Waals surface area contributed by atoms with E-state index in [4.69, 9.17) is 4.74 Å². The minimum Gasteiger partial charge on any atom is -0.495 e. The molecule has 0 spiro atoms. The molecule has 1 atom stereocenters. The van der Waals surface area contributed by atoms with E-state index >= 15 is 0 Å². The molecule has 2 aromatic carbocycles. The van der Waals surface area contributed by atoms with Crippen molar-refractivity contribution in [1.82, 2.24) is 19.6 Å². The van der Waals surface area contributed by atoms with Crippen LogP contribution in [0.3, 0.4) is 0 Å². The molecule has 9 nitrogen and oxygen atoms in total. The summed E-state index contributed by atoms with van der Waals surface area (Å²) in [5, 5.41) is 0.783. The highest BCUT2D eigenvalue weighted by Crippen LogP contribution is 2.33. The number of benzene rings is 2. The minimum absolute atomic E-state index is 0.00731. The lowest BCUT2D eigenvalue weighted by molar-refractivity contribution is -0.126. The lowest BCUT2D eigenvalue weighted by Crippen LogP contribution is -2.31. The molecule has 5 rings (SSSR count). The number of nitrogens with zero attached hydrogens (tertiary/aromatic N) is 3. The van der Waals surface area contributed by atoms with Crippen LogP contribution < -0.4 is 9.46 Å². The first kappa shape index (κ1) is 24.4. The SMILES string of the molecule is COc1ccc(C2CC(=O)N(C)C2)cc1S(=O)(=O)NC(=O)c1ccc2c(-c3ccccn3)cccc2n1. The Bertz CT molecular complexity index is 1620. The first-order valence-corrected chi connectivity index (χ1v) is 13.1. The topological polar surface area (TPSA) is 119 Å². The van der Waals surface area contributed by atoms with E-state index < -0.39 is 15.9 Å². The number of pyridine rings is 2. The average Bonchev–Trinajstić information content (AvgIpc) is 3.25. The Balaban J connectivity index is 1.44. The molecule has 1 aliphatic heterocycles. The van der Waals surface area contributed by atoms with Crippen molar-refractivity contribution in [3.63, 3.8) is 0 Å². The first-order chi connectivity index (χ1) is 17.8. The molecule has 188 valence electrons. The predicted octanol–water partition coefficient (Wildman–Crippen LogP) is 3.37. The molecule has 0 aliphatic carbocycles. The number of rotatable bonds is 6. The number of sulfonamides is 1. The molecule has 1 unspecified atom stereocenters. The van der Waals surface area contributed by atoms with Gasteiger partial charge in [-0.05, 0) is 48.0 Å². The number of carbonyl (C=O) groups excluding carboxylic acids is 2. The second kappa shape index (κ2) is 9.62. The third-order valence-corrected chi connectivity index (χ3v) is 7.77. The average molecular weight is 517 g/mol. The summed E-state index contributed by atoms with van der Waals surface area (Å²) in [5.74, 6) is -0.933. The van der Waals surface area contributed by atoms with E-state index in [9.17, 15) is 18.0 Å². The van der Waals surface area contributed by atoms with E-state index in [2.05, 4.69) is 14.7 Å². The second-order valence-corrected chi connectivity index (χ2v) is 10.5. The largest absolute Gasteiger partial charge is 0.495 e. The molecule has 2 amide bonds. The Morgan fingerprint density at radius 1 is 1.08 bits per heavy atom. The number of carbonyl (C=O) groups is 2. The van der Waals surface area contributed by atoms with Crippen molar-refractivity contribution in [2.75, 3.05) is 20.7 Å². The summed E-state index contributed by atoms with van der Waals surface area (Å²) in [6, 6.07) is 19.0. The molecule has 10 heteroatoms. The van der Waals surface area contributed by atoms with Crippen LogP contribution in [0.4, 0.5) is 0 Å². The zero-order chi connectivity index (χ0) is 26.2. The Morgan fingerprint density at radius 3 is 2.62 bits per heavy atom. The van der Waals surface area contributed by atoms with Gasteiger partial charge in [0, 0.05) is 43.1 Å². The highest BCUT2D eigenvalue weighted by atomic mass is 32.2. The molecule has 0 saturated carbocycles. The van der Waals surface area contributed by atoms with E-state index in [1.165, 1.54) is 25.3 Å². The summed E-state index contributed by atoms with van der Waals surface area (Å²) in [7, 11) is -1.25. The zero-order valence-electron chi connectivity index (χ0n) is 20.2. The predicted molar refractivity (Wildman–Crippen MR) is 138 cm³/mol. The number of aromatic nitrogens is 2. The second-order valence-electron chi connectivity index (χ2n) is 8.80. The molecule has 1 N–H and O–H groups in total. The fourth-order valence-electron chi connectivity index (χ4n) is 4.50. The number of nitrogens with one attached hydrogen (secondary N) is 1. The van der Waals surface area contributed by atoms with Crippen molar-refractivity contribution < 1.29 is 22.7 Å². The highest BCUT2D eigenvalue weighted by Gasteiger charge is 2.30. The Morgan fingerprint density at radius 2 is 1.92 bits per heavy atom. The van der Waals surface area contributed by atoms with E-state index in [0.29, 0.717) is 17.6 Å². The van der Waals surface area contributed by atoms with Gasteiger partial charge >= 0.3 is 0 Å². The number of ether oxygens (including phenoxy) is 1. The van der Waals surface area contributed by atoms with Crippen LogP contribution in [0.1, 0.15) is 28.4 Å². The fourth-order valence-corrected chi connectivity index (χ4v) is 5.67. The van der Waals surface area contributed by atoms with Crippen LogP contribution in [-0.4, -0.2) is 55.8 Å². The van der Waals surface area contributed by atoms with Gasteiger partial charge in [-0.25, -0.2) is 18.1 Å². The van der Waals surface area contributed by atoms with Gasteiger partial charge in [0.1, 0.15) is 16.3 Å². The summed E-state index contributed by atoms with van der Waals surface area (Å²) in [6.07, 6.45) is 1.98. The molecular weight excluding hydrogens is 492 g/mol. The Labute approximate surface area is 214 Å². The number of fused-ring (bicyclic) bond motifs is 1. The van der Waals surface area contributed by atoms with Gasteiger partial charge in [0.25, 0.3) is 15.9 Å². The maximum atomic E-state index is 13.3. The Hall–Kier alpha value is -4.31. The minimum atomic E-state index is -4.31. The van der Waals surface area contributed by atoms with Crippen molar-refractivity contribution in [3.05, 3.63) is 84.2 Å². The van der Waals surface area contributed by atoms with E-state index in [1.54, 1.807) is 42.4 Å². The maximum Gasteiger partial charge on any atom is 0.283 e. The Kier molecular flexibility index (Phi) is 6.34. The molecule has 2 aromatic heterocycles. The lowest BCUT2D eigenvalue weighted by Gasteiger charge is -2.15. The monoisotopic (exact) mass is 516 g/mol. The third-order valence-electron chi connectivity index (χ3n) is 6.42. The maximum absolute atomic E-state index is 13.3. The van der Waals surface area contributed by atoms with Crippen LogP contribution in [0.2, 0.25) is 0 Å². The van der Waals surface area contributed by atoms with Crippen LogP contribution in [0, 0.1) is 0 Å². The van der Waals surface area contributed by atoms with Gasteiger partial charge in [0.05, 0.1) is 18.3 Å². The zero-order valence-corrected chi connectivity index (χ0v) is 21.0. The van der Waals surface area contributed by atoms with Crippen LogP contribution in [0.25, 0.3) is 22.2 Å². The van der Waals surface area contributed by atoms with Crippen molar-refractivity contribution in [1.29, 1.82) is 0 Å². The number of hydrogen-bond acceptors (Lipinski definition) is 7. The molecule has 0 radical (unpaired) electrons. The molecular formula is C27H24N4O5S. The van der Waals surface area contributed by atoms with Crippen molar-refractivity contribution in [2.24, 2.45) is 0 Å². The summed E-state index contributed by atoms with van der Waals surface area (Å²) in [5.41, 5.74) is 2.77.